The first kappa shape index (κ1) is 10.5. The molecular formula is C11H12Br2O. The Bertz CT molecular complexity index is 345. The van der Waals surface area contributed by atoms with Gasteiger partial charge in [-0.15, -0.1) is 0 Å². The lowest BCUT2D eigenvalue weighted by Crippen LogP contribution is -2.08. The molecule has 0 saturated heterocycles. The van der Waals surface area contributed by atoms with Gasteiger partial charge < -0.3 is 4.74 Å². The fourth-order valence-electron chi connectivity index (χ4n) is 1.67. The highest BCUT2D eigenvalue weighted by molar-refractivity contribution is 9.25. The highest BCUT2D eigenvalue weighted by Crippen LogP contribution is 2.66. The van der Waals surface area contributed by atoms with Crippen LogP contribution in [-0.2, 0) is 5.41 Å². The molecule has 1 aromatic carbocycles. The quantitative estimate of drug-likeness (QED) is 0.752. The summed E-state index contributed by atoms with van der Waals surface area (Å²) in [5, 5.41) is 0. The van der Waals surface area contributed by atoms with E-state index in [4.69, 9.17) is 4.74 Å². The van der Waals surface area contributed by atoms with Crippen LogP contribution < -0.4 is 4.74 Å². The molecule has 76 valence electrons. The van der Waals surface area contributed by atoms with Gasteiger partial charge in [0, 0.05) is 5.41 Å². The first-order chi connectivity index (χ1) is 6.49. The molecule has 0 N–H and O–H groups in total. The van der Waals surface area contributed by atoms with Gasteiger partial charge in [0.05, 0.1) is 10.3 Å². The number of benzene rings is 1. The van der Waals surface area contributed by atoms with Crippen molar-refractivity contribution in [1.29, 1.82) is 0 Å². The van der Waals surface area contributed by atoms with Crippen LogP contribution in [0, 0.1) is 0 Å². The van der Waals surface area contributed by atoms with Crippen molar-refractivity contribution in [1.82, 2.24) is 0 Å². The second kappa shape index (κ2) is 3.24. The SMILES string of the molecule is COc1ccc([C@@]2(C)CC2(Br)Br)cc1. The number of ether oxygens (including phenoxy) is 1. The van der Waals surface area contributed by atoms with E-state index in [-0.39, 0.29) is 8.65 Å². The van der Waals surface area contributed by atoms with Gasteiger partial charge in [-0.25, -0.2) is 0 Å². The third-order valence-electron chi connectivity index (χ3n) is 2.98. The van der Waals surface area contributed by atoms with Crippen LogP contribution in [0.25, 0.3) is 0 Å². The molecule has 0 amide bonds. The summed E-state index contributed by atoms with van der Waals surface area (Å²) in [4.78, 5) is 0. The van der Waals surface area contributed by atoms with Crippen molar-refractivity contribution < 1.29 is 4.74 Å². The Balaban J connectivity index is 2.27. The normalized spacial score (nSPS) is 28.6. The van der Waals surface area contributed by atoms with Crippen LogP contribution in [-0.4, -0.2) is 10.3 Å². The minimum atomic E-state index is 0.0849. The number of alkyl halides is 2. The summed E-state index contributed by atoms with van der Waals surface area (Å²) < 4.78 is 5.22. The summed E-state index contributed by atoms with van der Waals surface area (Å²) in [6, 6.07) is 8.27. The zero-order valence-corrected chi connectivity index (χ0v) is 11.4. The van der Waals surface area contributed by atoms with E-state index in [9.17, 15) is 0 Å². The minimum absolute atomic E-state index is 0.0849. The Kier molecular flexibility index (Phi) is 2.43. The second-order valence-corrected chi connectivity index (χ2v) is 7.71. The number of rotatable bonds is 2. The maximum atomic E-state index is 5.13. The van der Waals surface area contributed by atoms with E-state index in [1.165, 1.54) is 5.56 Å². The van der Waals surface area contributed by atoms with Gasteiger partial charge in [-0.2, -0.15) is 0 Å². The Hall–Kier alpha value is -0.0200. The Morgan fingerprint density at radius 1 is 1.21 bits per heavy atom. The van der Waals surface area contributed by atoms with E-state index < -0.39 is 0 Å². The van der Waals surface area contributed by atoms with Crippen LogP contribution in [0.2, 0.25) is 0 Å². The molecule has 0 aromatic heterocycles. The summed E-state index contributed by atoms with van der Waals surface area (Å²) >= 11 is 7.33. The Morgan fingerprint density at radius 2 is 1.71 bits per heavy atom. The fourth-order valence-corrected chi connectivity index (χ4v) is 3.25. The summed E-state index contributed by atoms with van der Waals surface area (Å²) in [5.74, 6) is 0.910. The molecule has 1 atom stereocenters. The molecule has 3 heteroatoms. The standard InChI is InChI=1S/C11H12Br2O/c1-10(7-11(10,12)13)8-3-5-9(14-2)6-4-8/h3-6H,7H2,1-2H3/t10-/m1/s1. The molecule has 14 heavy (non-hydrogen) atoms. The predicted octanol–water partition coefficient (Wildman–Crippen LogP) is 3.84. The number of methoxy groups -OCH3 is 1. The first-order valence-electron chi connectivity index (χ1n) is 4.52. The van der Waals surface area contributed by atoms with Gasteiger partial charge in [0.25, 0.3) is 0 Å². The second-order valence-electron chi connectivity index (χ2n) is 3.94. The molecule has 0 unspecified atom stereocenters. The molecule has 0 bridgehead atoms. The monoisotopic (exact) mass is 318 g/mol. The zero-order valence-electron chi connectivity index (χ0n) is 8.18. The average Bonchev–Trinajstić information content (AvgIpc) is 2.68. The molecule has 1 saturated carbocycles. The van der Waals surface area contributed by atoms with Crippen molar-refractivity contribution in [3.05, 3.63) is 29.8 Å². The van der Waals surface area contributed by atoms with Gasteiger partial charge in [-0.3, -0.25) is 0 Å². The number of hydrogen-bond donors (Lipinski definition) is 0. The maximum Gasteiger partial charge on any atom is 0.118 e. The average molecular weight is 320 g/mol. The van der Waals surface area contributed by atoms with Crippen LogP contribution in [0.3, 0.4) is 0 Å². The van der Waals surface area contributed by atoms with Crippen LogP contribution in [0.4, 0.5) is 0 Å². The van der Waals surface area contributed by atoms with Crippen LogP contribution in [0.15, 0.2) is 24.3 Å². The fraction of sp³-hybridized carbons (Fsp3) is 0.455. The molecule has 2 rings (SSSR count). The van der Waals surface area contributed by atoms with E-state index >= 15 is 0 Å². The van der Waals surface area contributed by atoms with Crippen molar-refractivity contribution in [2.24, 2.45) is 0 Å². The maximum absolute atomic E-state index is 5.13. The molecule has 1 aliphatic rings. The van der Waals surface area contributed by atoms with Gasteiger partial charge >= 0.3 is 0 Å². The van der Waals surface area contributed by atoms with Gasteiger partial charge in [-0.1, -0.05) is 50.9 Å². The molecular weight excluding hydrogens is 308 g/mol. The molecule has 0 heterocycles. The van der Waals surface area contributed by atoms with Crippen molar-refractivity contribution in [3.8, 4) is 5.75 Å². The molecule has 1 fully saturated rings. The summed E-state index contributed by atoms with van der Waals surface area (Å²) in [7, 11) is 1.69. The topological polar surface area (TPSA) is 9.23 Å². The van der Waals surface area contributed by atoms with Crippen LogP contribution in [0.5, 0.6) is 5.75 Å². The highest BCUT2D eigenvalue weighted by atomic mass is 79.9. The largest absolute Gasteiger partial charge is 0.497 e. The van der Waals surface area contributed by atoms with Crippen LogP contribution >= 0.6 is 31.9 Å². The molecule has 0 radical (unpaired) electrons. The molecule has 1 aromatic rings. The summed E-state index contributed by atoms with van der Waals surface area (Å²) in [5.41, 5.74) is 1.55. The van der Waals surface area contributed by atoms with Gasteiger partial charge in [0.15, 0.2) is 0 Å². The lowest BCUT2D eigenvalue weighted by atomic mass is 9.98. The third-order valence-corrected chi connectivity index (χ3v) is 5.30. The molecule has 0 aliphatic heterocycles. The number of halogens is 2. The Labute approximate surface area is 101 Å². The number of hydrogen-bond acceptors (Lipinski definition) is 1. The van der Waals surface area contributed by atoms with E-state index in [2.05, 4.69) is 50.9 Å². The third kappa shape index (κ3) is 1.50. The zero-order chi connectivity index (χ0) is 10.4. The van der Waals surface area contributed by atoms with E-state index in [0.717, 1.165) is 12.2 Å². The molecule has 1 aliphatic carbocycles. The summed E-state index contributed by atoms with van der Waals surface area (Å²) in [6.07, 6.45) is 1.12. The highest BCUT2D eigenvalue weighted by Gasteiger charge is 2.62. The van der Waals surface area contributed by atoms with Crippen molar-refractivity contribution >= 4 is 31.9 Å². The Morgan fingerprint density at radius 3 is 2.07 bits per heavy atom. The van der Waals surface area contributed by atoms with E-state index in [1.807, 2.05) is 12.1 Å². The molecule has 0 spiro atoms. The summed E-state index contributed by atoms with van der Waals surface area (Å²) in [6.45, 7) is 2.25. The van der Waals surface area contributed by atoms with Gasteiger partial charge in [-0.05, 0) is 24.1 Å². The lowest BCUT2D eigenvalue weighted by molar-refractivity contribution is 0.414. The van der Waals surface area contributed by atoms with E-state index in [0.29, 0.717) is 0 Å². The van der Waals surface area contributed by atoms with Crippen molar-refractivity contribution in [3.63, 3.8) is 0 Å². The van der Waals surface area contributed by atoms with Gasteiger partial charge in [0.1, 0.15) is 5.75 Å². The molecule has 1 nitrogen and oxygen atoms in total. The van der Waals surface area contributed by atoms with Crippen molar-refractivity contribution in [2.45, 2.75) is 22.0 Å². The predicted molar refractivity (Wildman–Crippen MR) is 65.5 cm³/mol. The van der Waals surface area contributed by atoms with E-state index in [1.54, 1.807) is 7.11 Å². The first-order valence-corrected chi connectivity index (χ1v) is 6.10. The van der Waals surface area contributed by atoms with Crippen LogP contribution in [0.1, 0.15) is 18.9 Å². The van der Waals surface area contributed by atoms with Crippen molar-refractivity contribution in [2.75, 3.05) is 7.11 Å². The smallest absolute Gasteiger partial charge is 0.118 e. The van der Waals surface area contributed by atoms with Gasteiger partial charge in [0.2, 0.25) is 0 Å². The minimum Gasteiger partial charge on any atom is -0.497 e. The lowest BCUT2D eigenvalue weighted by Gasteiger charge is -2.13.